The number of carboxylic acid groups (broad SMARTS) is 1. The van der Waals surface area contributed by atoms with Gasteiger partial charge in [-0.15, -0.1) is 11.8 Å². The summed E-state index contributed by atoms with van der Waals surface area (Å²) >= 11 is 1.75. The Morgan fingerprint density at radius 2 is 1.69 bits per heavy atom. The van der Waals surface area contributed by atoms with Crippen LogP contribution in [0.15, 0.2) is 96.0 Å². The Balaban J connectivity index is 1.72. The first-order valence-corrected chi connectivity index (χ1v) is 13.8. The van der Waals surface area contributed by atoms with Crippen molar-refractivity contribution < 1.29 is 19.0 Å². The molecule has 0 unspecified atom stereocenters. The van der Waals surface area contributed by atoms with E-state index in [-0.39, 0.29) is 16.6 Å². The fourth-order valence-corrected chi connectivity index (χ4v) is 5.79. The number of aromatic nitrogens is 1. The van der Waals surface area contributed by atoms with Gasteiger partial charge in [0.05, 0.1) is 16.1 Å². The number of carbonyl (C=O) groups is 1. The van der Waals surface area contributed by atoms with E-state index in [1.54, 1.807) is 30.8 Å². The van der Waals surface area contributed by atoms with E-state index in [0.29, 0.717) is 18.6 Å². The van der Waals surface area contributed by atoms with Gasteiger partial charge in [-0.2, -0.15) is 0 Å². The van der Waals surface area contributed by atoms with Gasteiger partial charge in [0.1, 0.15) is 18.2 Å². The molecule has 5 rings (SSSR count). The van der Waals surface area contributed by atoms with Gasteiger partial charge in [-0.1, -0.05) is 62.4 Å². The summed E-state index contributed by atoms with van der Waals surface area (Å²) in [6.45, 7) is 6.51. The second-order valence-corrected chi connectivity index (χ2v) is 11.4. The lowest BCUT2D eigenvalue weighted by Gasteiger charge is -2.15. The summed E-state index contributed by atoms with van der Waals surface area (Å²) in [6.07, 6.45) is 0.588. The van der Waals surface area contributed by atoms with Crippen LogP contribution in [0.1, 0.15) is 46.5 Å². The van der Waals surface area contributed by atoms with E-state index in [1.165, 1.54) is 6.07 Å². The molecule has 0 radical (unpaired) electrons. The van der Waals surface area contributed by atoms with Crippen LogP contribution in [0.25, 0.3) is 16.6 Å². The van der Waals surface area contributed by atoms with Crippen molar-refractivity contribution in [2.45, 2.75) is 44.1 Å². The minimum atomic E-state index is -0.947. The first-order valence-electron chi connectivity index (χ1n) is 12.9. The van der Waals surface area contributed by atoms with Gasteiger partial charge in [-0.3, -0.25) is 0 Å². The number of halogens is 1. The van der Waals surface area contributed by atoms with Crippen LogP contribution in [0.2, 0.25) is 0 Å². The summed E-state index contributed by atoms with van der Waals surface area (Å²) in [5, 5.41) is 11.7. The van der Waals surface area contributed by atoms with Crippen LogP contribution < -0.4 is 4.74 Å². The molecule has 4 nitrogen and oxygen atoms in total. The van der Waals surface area contributed by atoms with Crippen molar-refractivity contribution in [2.24, 2.45) is 0 Å². The van der Waals surface area contributed by atoms with Crippen LogP contribution in [0, 0.1) is 12.7 Å². The zero-order valence-corrected chi connectivity index (χ0v) is 23.0. The molecule has 0 aliphatic heterocycles. The summed E-state index contributed by atoms with van der Waals surface area (Å²) in [5.74, 6) is -0.409. The number of fused-ring (bicyclic) bond motifs is 1. The largest absolute Gasteiger partial charge is 0.488 e. The number of aryl methyl sites for hydroxylation is 1. The van der Waals surface area contributed by atoms with Gasteiger partial charge in [-0.05, 0) is 66.1 Å². The number of benzene rings is 4. The predicted molar refractivity (Wildman–Crippen MR) is 156 cm³/mol. The summed E-state index contributed by atoms with van der Waals surface area (Å²) in [7, 11) is 0. The Labute approximate surface area is 232 Å². The van der Waals surface area contributed by atoms with Crippen LogP contribution in [-0.4, -0.2) is 20.9 Å². The Morgan fingerprint density at radius 3 is 2.36 bits per heavy atom. The highest BCUT2D eigenvalue weighted by atomic mass is 32.2. The van der Waals surface area contributed by atoms with E-state index < -0.39 is 5.97 Å². The normalized spacial score (nSPS) is 11.3. The Morgan fingerprint density at radius 1 is 0.949 bits per heavy atom. The molecule has 0 spiro atoms. The number of rotatable bonds is 9. The lowest BCUT2D eigenvalue weighted by molar-refractivity contribution is 0.0697. The number of aromatic carboxylic acids is 1. The van der Waals surface area contributed by atoms with Crippen LogP contribution in [0.3, 0.4) is 0 Å². The van der Waals surface area contributed by atoms with Crippen molar-refractivity contribution in [1.29, 1.82) is 0 Å². The van der Waals surface area contributed by atoms with Crippen molar-refractivity contribution in [3.05, 3.63) is 125 Å². The van der Waals surface area contributed by atoms with Crippen molar-refractivity contribution in [1.82, 2.24) is 4.57 Å². The molecule has 0 amide bonds. The third-order valence-corrected chi connectivity index (χ3v) is 7.70. The molecule has 6 heteroatoms. The van der Waals surface area contributed by atoms with Crippen molar-refractivity contribution >= 4 is 28.6 Å². The van der Waals surface area contributed by atoms with Crippen LogP contribution >= 0.6 is 11.8 Å². The molecule has 0 saturated heterocycles. The van der Waals surface area contributed by atoms with E-state index in [4.69, 9.17) is 4.74 Å². The molecule has 198 valence electrons. The minimum Gasteiger partial charge on any atom is -0.488 e. The molecule has 0 fully saturated rings. The molecule has 0 aliphatic rings. The smallest absolute Gasteiger partial charge is 0.335 e. The third kappa shape index (κ3) is 5.71. The van der Waals surface area contributed by atoms with Gasteiger partial charge in [0, 0.05) is 28.3 Å². The van der Waals surface area contributed by atoms with Gasteiger partial charge in [-0.25, -0.2) is 9.18 Å². The van der Waals surface area contributed by atoms with Gasteiger partial charge in [0.2, 0.25) is 0 Å². The van der Waals surface area contributed by atoms with E-state index in [0.717, 1.165) is 44.1 Å². The first kappa shape index (κ1) is 26.6. The Kier molecular flexibility index (Phi) is 7.75. The molecule has 1 N–H and O–H groups in total. The van der Waals surface area contributed by atoms with Gasteiger partial charge in [0.25, 0.3) is 0 Å². The second kappa shape index (κ2) is 11.4. The summed E-state index contributed by atoms with van der Waals surface area (Å²) in [6, 6.07) is 28.3. The lowest BCUT2D eigenvalue weighted by Crippen LogP contribution is -2.02. The number of hydrogen-bond donors (Lipinski definition) is 1. The van der Waals surface area contributed by atoms with Gasteiger partial charge >= 0.3 is 5.97 Å². The molecule has 0 aliphatic carbocycles. The maximum Gasteiger partial charge on any atom is 0.335 e. The summed E-state index contributed by atoms with van der Waals surface area (Å²) in [4.78, 5) is 11.4. The van der Waals surface area contributed by atoms with Gasteiger partial charge in [0.15, 0.2) is 0 Å². The molecule has 0 saturated carbocycles. The topological polar surface area (TPSA) is 51.5 Å². The number of nitrogens with zero attached hydrogens (tertiary/aromatic N) is 1. The van der Waals surface area contributed by atoms with Crippen LogP contribution in [0.4, 0.5) is 4.39 Å². The predicted octanol–water partition coefficient (Wildman–Crippen LogP) is 8.45. The number of hydrogen-bond acceptors (Lipinski definition) is 3. The van der Waals surface area contributed by atoms with Gasteiger partial charge < -0.3 is 14.4 Å². The molecule has 39 heavy (non-hydrogen) atoms. The quantitative estimate of drug-likeness (QED) is 0.191. The molecule has 0 bridgehead atoms. The maximum atomic E-state index is 14.3. The van der Waals surface area contributed by atoms with Crippen LogP contribution in [-0.2, 0) is 13.0 Å². The number of thioether (sulfide) groups is 1. The highest BCUT2D eigenvalue weighted by Crippen LogP contribution is 2.43. The second-order valence-electron chi connectivity index (χ2n) is 9.82. The van der Waals surface area contributed by atoms with Crippen molar-refractivity contribution in [3.63, 3.8) is 0 Å². The zero-order valence-electron chi connectivity index (χ0n) is 22.1. The zero-order chi connectivity index (χ0) is 27.5. The summed E-state index contributed by atoms with van der Waals surface area (Å²) < 4.78 is 22.9. The van der Waals surface area contributed by atoms with E-state index in [2.05, 4.69) is 24.5 Å². The minimum absolute atomic E-state index is 0.237. The molecular formula is C33H30FNO3S. The monoisotopic (exact) mass is 539 g/mol. The van der Waals surface area contributed by atoms with E-state index in [9.17, 15) is 14.3 Å². The fourth-order valence-electron chi connectivity index (χ4n) is 4.72. The SMILES string of the molecule is Cc1cc(-n2c(SC(C)C)c(Cc3ccc(C(=O)O)cc3)c3c(OCc4ccccc4)cccc32)ccc1F. The number of ether oxygens (including phenoxy) is 1. The highest BCUT2D eigenvalue weighted by Gasteiger charge is 2.23. The average Bonchev–Trinajstić information content (AvgIpc) is 3.22. The van der Waals surface area contributed by atoms with Crippen molar-refractivity contribution in [2.75, 3.05) is 0 Å². The standard InChI is InChI=1S/C33H30FNO3S/c1-21(2)39-32-27(19-23-12-14-25(15-13-23)33(36)37)31-29(35(32)26-16-17-28(34)22(3)18-26)10-7-11-30(31)38-20-24-8-5-4-6-9-24/h4-18,21H,19-20H2,1-3H3,(H,36,37). The molecular weight excluding hydrogens is 509 g/mol. The molecule has 1 heterocycles. The number of carboxylic acids is 1. The summed E-state index contributed by atoms with van der Waals surface area (Å²) in [5.41, 5.74) is 5.87. The fraction of sp³-hybridized carbons (Fsp3) is 0.182. The lowest BCUT2D eigenvalue weighted by atomic mass is 10.0. The third-order valence-electron chi connectivity index (χ3n) is 6.57. The average molecular weight is 540 g/mol. The molecule has 0 atom stereocenters. The molecule has 5 aromatic rings. The highest BCUT2D eigenvalue weighted by molar-refractivity contribution is 7.99. The van der Waals surface area contributed by atoms with E-state index >= 15 is 0 Å². The van der Waals surface area contributed by atoms with Crippen LogP contribution in [0.5, 0.6) is 5.75 Å². The maximum absolute atomic E-state index is 14.3. The first-order chi connectivity index (χ1) is 18.8. The Bertz CT molecular complexity index is 1630. The van der Waals surface area contributed by atoms with Crippen molar-refractivity contribution in [3.8, 4) is 11.4 Å². The van der Waals surface area contributed by atoms with E-state index in [1.807, 2.05) is 66.7 Å². The molecule has 1 aromatic heterocycles. The molecule has 4 aromatic carbocycles. The Hall–Kier alpha value is -4.03.